The van der Waals surface area contributed by atoms with Crippen LogP contribution in [0.1, 0.15) is 40.5 Å². The third-order valence-corrected chi connectivity index (χ3v) is 6.03. The van der Waals surface area contributed by atoms with Crippen molar-refractivity contribution in [2.24, 2.45) is 0 Å². The average molecular weight is 382 g/mol. The van der Waals surface area contributed by atoms with E-state index in [1.165, 1.54) is 0 Å². The molecule has 0 radical (unpaired) electrons. The standard InChI is InChI=1S/C16H26N6O3S/c1-5-26(24,25)20-11-6-8-21(9-7-11)15-18-13-12(14(23)19-15)10-17-22(13)16(2,3)4/h10-11,20H,5-9H2,1-4H3,(H,18,19,23). The van der Waals surface area contributed by atoms with Gasteiger partial charge in [0.1, 0.15) is 5.39 Å². The van der Waals surface area contributed by atoms with Crippen LogP contribution in [0.5, 0.6) is 0 Å². The fourth-order valence-electron chi connectivity index (χ4n) is 3.09. The SMILES string of the molecule is CCS(=O)(=O)NC1CCN(c2nc3c(cnn3C(C)(C)C)c(=O)[nH]2)CC1. The van der Waals surface area contributed by atoms with E-state index in [0.717, 1.165) is 0 Å². The van der Waals surface area contributed by atoms with Gasteiger partial charge in [0.25, 0.3) is 5.56 Å². The molecule has 1 fully saturated rings. The molecule has 2 aromatic heterocycles. The molecule has 1 saturated heterocycles. The summed E-state index contributed by atoms with van der Waals surface area (Å²) in [6.45, 7) is 8.89. The van der Waals surface area contributed by atoms with Crippen molar-refractivity contribution in [2.45, 2.75) is 52.1 Å². The number of rotatable bonds is 4. The molecule has 2 aromatic rings. The summed E-state index contributed by atoms with van der Waals surface area (Å²) < 4.78 is 27.9. The van der Waals surface area contributed by atoms with Crippen LogP contribution in [0.4, 0.5) is 5.95 Å². The van der Waals surface area contributed by atoms with Crippen molar-refractivity contribution in [3.8, 4) is 0 Å². The Hall–Kier alpha value is -1.94. The molecule has 3 heterocycles. The minimum atomic E-state index is -3.20. The zero-order valence-corrected chi connectivity index (χ0v) is 16.4. The fraction of sp³-hybridized carbons (Fsp3) is 0.688. The lowest BCUT2D eigenvalue weighted by molar-refractivity contribution is 0.365. The van der Waals surface area contributed by atoms with E-state index in [1.807, 2.05) is 25.7 Å². The summed E-state index contributed by atoms with van der Waals surface area (Å²) in [4.78, 5) is 21.9. The molecule has 0 spiro atoms. The van der Waals surface area contributed by atoms with Crippen molar-refractivity contribution in [2.75, 3.05) is 23.7 Å². The average Bonchev–Trinajstić information content (AvgIpc) is 3.00. The zero-order valence-electron chi connectivity index (χ0n) is 15.6. The number of hydrogen-bond acceptors (Lipinski definition) is 6. The molecular formula is C16H26N6O3S. The Morgan fingerprint density at radius 1 is 1.31 bits per heavy atom. The number of aromatic amines is 1. The van der Waals surface area contributed by atoms with E-state index in [1.54, 1.807) is 17.8 Å². The van der Waals surface area contributed by atoms with Gasteiger partial charge in [-0.25, -0.2) is 17.8 Å². The molecule has 144 valence electrons. The molecule has 0 bridgehead atoms. The molecule has 0 amide bonds. The first-order valence-electron chi connectivity index (χ1n) is 8.84. The highest BCUT2D eigenvalue weighted by atomic mass is 32.2. The van der Waals surface area contributed by atoms with Gasteiger partial charge in [0.05, 0.1) is 17.5 Å². The molecular weight excluding hydrogens is 356 g/mol. The summed E-state index contributed by atoms with van der Waals surface area (Å²) in [7, 11) is -3.20. The maximum atomic E-state index is 12.4. The number of fused-ring (bicyclic) bond motifs is 1. The number of anilines is 1. The van der Waals surface area contributed by atoms with Crippen molar-refractivity contribution in [1.82, 2.24) is 24.5 Å². The number of H-pyrrole nitrogens is 1. The smallest absolute Gasteiger partial charge is 0.263 e. The largest absolute Gasteiger partial charge is 0.342 e. The molecule has 10 heteroatoms. The quantitative estimate of drug-likeness (QED) is 0.808. The Morgan fingerprint density at radius 3 is 2.54 bits per heavy atom. The van der Waals surface area contributed by atoms with Crippen LogP contribution in [0, 0.1) is 0 Å². The fourth-order valence-corrected chi connectivity index (χ4v) is 4.00. The predicted octanol–water partition coefficient (Wildman–Crippen LogP) is 0.783. The number of piperidine rings is 1. The Morgan fingerprint density at radius 2 is 1.96 bits per heavy atom. The van der Waals surface area contributed by atoms with Crippen molar-refractivity contribution in [1.29, 1.82) is 0 Å². The minimum absolute atomic E-state index is 0.0771. The molecule has 1 aliphatic rings. The number of sulfonamides is 1. The lowest BCUT2D eigenvalue weighted by Gasteiger charge is -2.32. The summed E-state index contributed by atoms with van der Waals surface area (Å²) in [6, 6.07) is -0.0771. The van der Waals surface area contributed by atoms with E-state index in [9.17, 15) is 13.2 Å². The molecule has 2 N–H and O–H groups in total. The first-order chi connectivity index (χ1) is 12.1. The third-order valence-electron chi connectivity index (χ3n) is 4.58. The molecule has 3 rings (SSSR count). The Kier molecular flexibility index (Phi) is 4.82. The van der Waals surface area contributed by atoms with Crippen LogP contribution in [0.15, 0.2) is 11.0 Å². The van der Waals surface area contributed by atoms with Crippen LogP contribution >= 0.6 is 0 Å². The van der Waals surface area contributed by atoms with E-state index in [0.29, 0.717) is 42.9 Å². The first-order valence-corrected chi connectivity index (χ1v) is 10.5. The summed E-state index contributed by atoms with van der Waals surface area (Å²) in [5.74, 6) is 0.584. The monoisotopic (exact) mass is 382 g/mol. The van der Waals surface area contributed by atoms with E-state index < -0.39 is 10.0 Å². The van der Waals surface area contributed by atoms with E-state index in [4.69, 9.17) is 0 Å². The lowest BCUT2D eigenvalue weighted by Crippen LogP contribution is -2.45. The van der Waals surface area contributed by atoms with Gasteiger partial charge in [-0.15, -0.1) is 0 Å². The van der Waals surface area contributed by atoms with Crippen LogP contribution in [0.25, 0.3) is 11.0 Å². The number of aromatic nitrogens is 4. The lowest BCUT2D eigenvalue weighted by atomic mass is 10.1. The predicted molar refractivity (Wildman–Crippen MR) is 101 cm³/mol. The van der Waals surface area contributed by atoms with Gasteiger partial charge in [-0.2, -0.15) is 10.1 Å². The van der Waals surface area contributed by atoms with Gasteiger partial charge in [0.15, 0.2) is 5.65 Å². The molecule has 0 aromatic carbocycles. The van der Waals surface area contributed by atoms with Crippen LogP contribution in [0.3, 0.4) is 0 Å². The van der Waals surface area contributed by atoms with Crippen LogP contribution < -0.4 is 15.2 Å². The molecule has 0 unspecified atom stereocenters. The zero-order chi connectivity index (χ0) is 19.1. The second-order valence-corrected chi connectivity index (χ2v) is 9.68. The minimum Gasteiger partial charge on any atom is -0.342 e. The summed E-state index contributed by atoms with van der Waals surface area (Å²) in [5, 5.41) is 4.78. The summed E-state index contributed by atoms with van der Waals surface area (Å²) in [6.07, 6.45) is 2.88. The number of nitrogens with zero attached hydrogens (tertiary/aromatic N) is 4. The topological polar surface area (TPSA) is 113 Å². The van der Waals surface area contributed by atoms with Crippen molar-refractivity contribution in [3.05, 3.63) is 16.6 Å². The van der Waals surface area contributed by atoms with Crippen LogP contribution in [0.2, 0.25) is 0 Å². The maximum Gasteiger partial charge on any atom is 0.263 e. The van der Waals surface area contributed by atoms with Crippen LogP contribution in [-0.2, 0) is 15.6 Å². The summed E-state index contributed by atoms with van der Waals surface area (Å²) in [5.41, 5.74) is 0.0602. The molecule has 0 saturated carbocycles. The maximum absolute atomic E-state index is 12.4. The van der Waals surface area contributed by atoms with Gasteiger partial charge in [-0.3, -0.25) is 9.78 Å². The summed E-state index contributed by atoms with van der Waals surface area (Å²) >= 11 is 0. The highest BCUT2D eigenvalue weighted by Crippen LogP contribution is 2.21. The van der Waals surface area contributed by atoms with Crippen molar-refractivity contribution in [3.63, 3.8) is 0 Å². The Labute approximate surface area is 152 Å². The van der Waals surface area contributed by atoms with Gasteiger partial charge >= 0.3 is 0 Å². The highest BCUT2D eigenvalue weighted by molar-refractivity contribution is 7.89. The highest BCUT2D eigenvalue weighted by Gasteiger charge is 2.25. The van der Waals surface area contributed by atoms with Crippen molar-refractivity contribution >= 4 is 27.0 Å². The molecule has 0 aliphatic carbocycles. The molecule has 0 atom stereocenters. The third kappa shape index (κ3) is 3.75. The second kappa shape index (κ2) is 6.66. The van der Waals surface area contributed by atoms with E-state index >= 15 is 0 Å². The number of hydrogen-bond donors (Lipinski definition) is 2. The molecule has 26 heavy (non-hydrogen) atoms. The normalized spacial score (nSPS) is 17.2. The van der Waals surface area contributed by atoms with Gasteiger partial charge in [-0.1, -0.05) is 0 Å². The van der Waals surface area contributed by atoms with E-state index in [-0.39, 0.29) is 22.9 Å². The first kappa shape index (κ1) is 18.8. The van der Waals surface area contributed by atoms with Crippen molar-refractivity contribution < 1.29 is 8.42 Å². The van der Waals surface area contributed by atoms with Gasteiger partial charge in [0.2, 0.25) is 16.0 Å². The Balaban J connectivity index is 1.83. The van der Waals surface area contributed by atoms with Crippen LogP contribution in [-0.4, -0.2) is 53.1 Å². The van der Waals surface area contributed by atoms with Gasteiger partial charge < -0.3 is 4.90 Å². The van der Waals surface area contributed by atoms with E-state index in [2.05, 4.69) is 19.8 Å². The number of nitrogens with one attached hydrogen (secondary N) is 2. The Bertz CT molecular complexity index is 949. The molecule has 9 nitrogen and oxygen atoms in total. The molecule has 1 aliphatic heterocycles. The second-order valence-electron chi connectivity index (χ2n) is 7.64. The van der Waals surface area contributed by atoms with Gasteiger partial charge in [0, 0.05) is 19.1 Å². The van der Waals surface area contributed by atoms with Gasteiger partial charge in [-0.05, 0) is 40.5 Å².